The third-order valence-electron chi connectivity index (χ3n) is 3.16. The highest BCUT2D eigenvalue weighted by atomic mass is 16.5. The molecule has 3 rings (SSSR count). The van der Waals surface area contributed by atoms with Gasteiger partial charge in [0.1, 0.15) is 0 Å². The molecule has 2 aromatic heterocycles. The number of hydrogen-bond donors (Lipinski definition) is 1. The van der Waals surface area contributed by atoms with Crippen LogP contribution in [0.15, 0.2) is 24.4 Å². The third kappa shape index (κ3) is 1.95. The van der Waals surface area contributed by atoms with E-state index in [-0.39, 0.29) is 5.91 Å². The fourth-order valence-corrected chi connectivity index (χ4v) is 2.13. The van der Waals surface area contributed by atoms with E-state index >= 15 is 0 Å². The first-order valence-electron chi connectivity index (χ1n) is 6.09. The molecular weight excluding hydrogens is 258 g/mol. The van der Waals surface area contributed by atoms with Crippen LogP contribution in [0.1, 0.15) is 16.1 Å². The number of aromatic nitrogens is 2. The average molecular weight is 271 g/mol. The molecule has 0 spiro atoms. The molecule has 102 valence electrons. The zero-order valence-electron chi connectivity index (χ0n) is 11.1. The summed E-state index contributed by atoms with van der Waals surface area (Å²) in [5, 5.41) is 2.74. The van der Waals surface area contributed by atoms with Crippen LogP contribution in [0.2, 0.25) is 0 Å². The van der Waals surface area contributed by atoms with Gasteiger partial charge < -0.3 is 14.8 Å². The number of hydrogen-bond acceptors (Lipinski definition) is 5. The van der Waals surface area contributed by atoms with Gasteiger partial charge in [0.05, 0.1) is 37.7 Å². The lowest BCUT2D eigenvalue weighted by atomic mass is 10.1. The number of pyridine rings is 2. The standard InChI is InChI=1S/C14H13N3O3/c1-19-12-5-8(6-16-14(12)20-2)10-4-3-9-11(17-10)7-15-13(9)18/h3-6H,7H2,1-2H3,(H,15,18). The van der Waals surface area contributed by atoms with Crippen molar-refractivity contribution in [2.75, 3.05) is 14.2 Å². The first-order chi connectivity index (χ1) is 9.72. The molecule has 0 aliphatic carbocycles. The Bertz CT molecular complexity index is 685. The smallest absolute Gasteiger partial charge is 0.256 e. The highest BCUT2D eigenvalue weighted by molar-refractivity contribution is 5.98. The summed E-state index contributed by atoms with van der Waals surface area (Å²) in [6.45, 7) is 0.461. The molecular formula is C14H13N3O3. The van der Waals surface area contributed by atoms with Crippen molar-refractivity contribution in [2.24, 2.45) is 0 Å². The van der Waals surface area contributed by atoms with E-state index in [9.17, 15) is 4.79 Å². The Morgan fingerprint density at radius 3 is 2.85 bits per heavy atom. The lowest BCUT2D eigenvalue weighted by molar-refractivity contribution is 0.0966. The molecule has 0 aromatic carbocycles. The second-order valence-electron chi connectivity index (χ2n) is 4.31. The van der Waals surface area contributed by atoms with E-state index in [2.05, 4.69) is 15.3 Å². The van der Waals surface area contributed by atoms with E-state index < -0.39 is 0 Å². The maximum atomic E-state index is 11.5. The van der Waals surface area contributed by atoms with Crippen LogP contribution in [0.25, 0.3) is 11.3 Å². The summed E-state index contributed by atoms with van der Waals surface area (Å²) in [7, 11) is 3.09. The number of carbonyl (C=O) groups is 1. The quantitative estimate of drug-likeness (QED) is 0.913. The van der Waals surface area contributed by atoms with Crippen molar-refractivity contribution >= 4 is 5.91 Å². The number of fused-ring (bicyclic) bond motifs is 1. The Morgan fingerprint density at radius 2 is 2.10 bits per heavy atom. The molecule has 6 heteroatoms. The topological polar surface area (TPSA) is 73.3 Å². The maximum Gasteiger partial charge on any atom is 0.256 e. The number of rotatable bonds is 3. The maximum absolute atomic E-state index is 11.5. The molecule has 2 aromatic rings. The molecule has 0 saturated heterocycles. The van der Waals surface area contributed by atoms with E-state index in [1.165, 1.54) is 7.11 Å². The number of ether oxygens (including phenoxy) is 2. The Hall–Kier alpha value is -2.63. The normalized spacial score (nSPS) is 12.8. The van der Waals surface area contributed by atoms with Crippen LogP contribution in [0.3, 0.4) is 0 Å². The molecule has 1 aliphatic heterocycles. The van der Waals surface area contributed by atoms with Crippen LogP contribution >= 0.6 is 0 Å². The molecule has 1 aliphatic rings. The van der Waals surface area contributed by atoms with E-state index in [0.717, 1.165) is 17.0 Å². The summed E-state index contributed by atoms with van der Waals surface area (Å²) < 4.78 is 10.3. The van der Waals surface area contributed by atoms with Crippen LogP contribution in [-0.2, 0) is 6.54 Å². The van der Waals surface area contributed by atoms with Crippen LogP contribution in [0.5, 0.6) is 11.6 Å². The molecule has 6 nitrogen and oxygen atoms in total. The van der Waals surface area contributed by atoms with Crippen molar-refractivity contribution in [2.45, 2.75) is 6.54 Å². The zero-order valence-corrected chi connectivity index (χ0v) is 11.1. The summed E-state index contributed by atoms with van der Waals surface area (Å²) in [6, 6.07) is 5.38. The van der Waals surface area contributed by atoms with Crippen LogP contribution in [0.4, 0.5) is 0 Å². The molecule has 0 unspecified atom stereocenters. The van der Waals surface area contributed by atoms with Gasteiger partial charge in [0.2, 0.25) is 0 Å². The molecule has 0 bridgehead atoms. The molecule has 0 radical (unpaired) electrons. The molecule has 0 fully saturated rings. The Kier molecular flexibility index (Phi) is 2.98. The minimum atomic E-state index is -0.0792. The lowest BCUT2D eigenvalue weighted by Gasteiger charge is -2.08. The minimum Gasteiger partial charge on any atom is -0.491 e. The average Bonchev–Trinajstić information content (AvgIpc) is 2.87. The predicted octanol–water partition coefficient (Wildman–Crippen LogP) is 1.40. The molecule has 0 atom stereocenters. The van der Waals surface area contributed by atoms with Gasteiger partial charge >= 0.3 is 0 Å². The minimum absolute atomic E-state index is 0.0792. The van der Waals surface area contributed by atoms with Gasteiger partial charge in [-0.15, -0.1) is 0 Å². The zero-order chi connectivity index (χ0) is 14.1. The second kappa shape index (κ2) is 4.80. The summed E-state index contributed by atoms with van der Waals surface area (Å²) in [6.07, 6.45) is 1.67. The monoisotopic (exact) mass is 271 g/mol. The Labute approximate surface area is 115 Å². The van der Waals surface area contributed by atoms with Crippen molar-refractivity contribution in [1.82, 2.24) is 15.3 Å². The van der Waals surface area contributed by atoms with E-state index in [0.29, 0.717) is 23.7 Å². The van der Waals surface area contributed by atoms with Crippen molar-refractivity contribution < 1.29 is 14.3 Å². The van der Waals surface area contributed by atoms with Crippen molar-refractivity contribution in [3.8, 4) is 22.9 Å². The number of nitrogens with one attached hydrogen (secondary N) is 1. The number of nitrogens with zero attached hydrogens (tertiary/aromatic N) is 2. The molecule has 20 heavy (non-hydrogen) atoms. The van der Waals surface area contributed by atoms with Gasteiger partial charge in [0.25, 0.3) is 11.8 Å². The van der Waals surface area contributed by atoms with Gasteiger partial charge in [0.15, 0.2) is 5.75 Å². The second-order valence-corrected chi connectivity index (χ2v) is 4.31. The molecule has 1 N–H and O–H groups in total. The van der Waals surface area contributed by atoms with Gasteiger partial charge in [-0.05, 0) is 18.2 Å². The van der Waals surface area contributed by atoms with Gasteiger partial charge in [-0.3, -0.25) is 9.78 Å². The SMILES string of the molecule is COc1cc(-c2ccc3c(n2)CNC3=O)cnc1OC. The van der Waals surface area contributed by atoms with Crippen LogP contribution < -0.4 is 14.8 Å². The van der Waals surface area contributed by atoms with E-state index in [4.69, 9.17) is 9.47 Å². The number of methoxy groups -OCH3 is 2. The Morgan fingerprint density at radius 1 is 1.25 bits per heavy atom. The largest absolute Gasteiger partial charge is 0.491 e. The molecule has 3 heterocycles. The third-order valence-corrected chi connectivity index (χ3v) is 3.16. The summed E-state index contributed by atoms with van der Waals surface area (Å²) >= 11 is 0. The summed E-state index contributed by atoms with van der Waals surface area (Å²) in [5.41, 5.74) is 2.93. The Balaban J connectivity index is 2.03. The molecule has 1 amide bonds. The summed E-state index contributed by atoms with van der Waals surface area (Å²) in [5.74, 6) is 0.889. The fourth-order valence-electron chi connectivity index (χ4n) is 2.13. The van der Waals surface area contributed by atoms with Gasteiger partial charge in [-0.1, -0.05) is 0 Å². The fraction of sp³-hybridized carbons (Fsp3) is 0.214. The van der Waals surface area contributed by atoms with Crippen molar-refractivity contribution in [3.63, 3.8) is 0 Å². The van der Waals surface area contributed by atoms with Gasteiger partial charge in [-0.25, -0.2) is 4.98 Å². The summed E-state index contributed by atoms with van der Waals surface area (Å²) in [4.78, 5) is 20.2. The lowest BCUT2D eigenvalue weighted by Crippen LogP contribution is -2.12. The van der Waals surface area contributed by atoms with Gasteiger partial charge in [-0.2, -0.15) is 0 Å². The van der Waals surface area contributed by atoms with Crippen molar-refractivity contribution in [3.05, 3.63) is 35.7 Å². The first-order valence-corrected chi connectivity index (χ1v) is 6.09. The number of carbonyl (C=O) groups excluding carboxylic acids is 1. The van der Waals surface area contributed by atoms with Crippen LogP contribution in [0, 0.1) is 0 Å². The first kappa shape index (κ1) is 12.4. The highest BCUT2D eigenvalue weighted by Gasteiger charge is 2.20. The molecule has 0 saturated carbocycles. The van der Waals surface area contributed by atoms with Crippen molar-refractivity contribution in [1.29, 1.82) is 0 Å². The van der Waals surface area contributed by atoms with Crippen LogP contribution in [-0.4, -0.2) is 30.1 Å². The van der Waals surface area contributed by atoms with E-state index in [1.54, 1.807) is 25.4 Å². The highest BCUT2D eigenvalue weighted by Crippen LogP contribution is 2.29. The predicted molar refractivity (Wildman–Crippen MR) is 71.7 cm³/mol. The van der Waals surface area contributed by atoms with Gasteiger partial charge in [0, 0.05) is 11.8 Å². The number of amides is 1. The van der Waals surface area contributed by atoms with E-state index in [1.807, 2.05) is 6.07 Å².